The van der Waals surface area contributed by atoms with Crippen molar-refractivity contribution >= 4 is 61.7 Å². The van der Waals surface area contributed by atoms with E-state index in [9.17, 15) is 13.2 Å². The van der Waals surface area contributed by atoms with Crippen molar-refractivity contribution in [1.29, 1.82) is 0 Å². The van der Waals surface area contributed by atoms with Gasteiger partial charge in [-0.1, -0.05) is 50.7 Å². The van der Waals surface area contributed by atoms with Gasteiger partial charge in [0.1, 0.15) is 15.9 Å². The third kappa shape index (κ3) is 4.90. The number of para-hydroxylation sites is 1. The van der Waals surface area contributed by atoms with Gasteiger partial charge >= 0.3 is 0 Å². The molecule has 3 aromatic carbocycles. The molecule has 0 fully saturated rings. The highest BCUT2D eigenvalue weighted by Crippen LogP contribution is 2.28. The number of nitrogens with one attached hydrogen (secondary N) is 1. The van der Waals surface area contributed by atoms with Gasteiger partial charge in [-0.15, -0.1) is 0 Å². The molecule has 4 aromatic rings. The van der Waals surface area contributed by atoms with E-state index < -0.39 is 10.0 Å². The maximum absolute atomic E-state index is 13.1. The van der Waals surface area contributed by atoms with Crippen LogP contribution < -0.4 is 9.62 Å². The van der Waals surface area contributed by atoms with Crippen LogP contribution in [0.3, 0.4) is 0 Å². The third-order valence-corrected chi connectivity index (χ3v) is 6.62. The molecular weight excluding hydrogens is 468 g/mol. The predicted octanol–water partition coefficient (Wildman–Crippen LogP) is 5.69. The monoisotopic (exact) mass is 490 g/mol. The summed E-state index contributed by atoms with van der Waals surface area (Å²) in [4.78, 5) is 14.5. The van der Waals surface area contributed by atoms with E-state index in [1.165, 1.54) is 29.2 Å². The number of sulfonamides is 1. The molecule has 0 atom stereocenters. The number of halogens is 1. The Morgan fingerprint density at radius 2 is 1.72 bits per heavy atom. The number of amides is 1. The Morgan fingerprint density at radius 3 is 2.44 bits per heavy atom. The Balaban J connectivity index is 0.00000181. The summed E-state index contributed by atoms with van der Waals surface area (Å²) in [5.74, 6) is -0.385. The van der Waals surface area contributed by atoms with E-state index in [0.29, 0.717) is 16.2 Å². The lowest BCUT2D eigenvalue weighted by Crippen LogP contribution is -2.27. The SMILES string of the molecule is C.C.CN(C(=O)c1ccc(Cl)cc1NS(=O)(=O)c1cccc2nsnc12)c1ccccc1. The van der Waals surface area contributed by atoms with Crippen molar-refractivity contribution in [1.82, 2.24) is 8.75 Å². The van der Waals surface area contributed by atoms with Gasteiger partial charge in [-0.2, -0.15) is 8.75 Å². The molecule has 7 nitrogen and oxygen atoms in total. The van der Waals surface area contributed by atoms with Crippen LogP contribution in [-0.4, -0.2) is 30.1 Å². The van der Waals surface area contributed by atoms with Crippen molar-refractivity contribution in [2.75, 3.05) is 16.7 Å². The molecule has 1 heterocycles. The lowest BCUT2D eigenvalue weighted by molar-refractivity contribution is 0.0994. The molecule has 1 amide bonds. The number of hydrogen-bond acceptors (Lipinski definition) is 6. The zero-order chi connectivity index (χ0) is 21.3. The summed E-state index contributed by atoms with van der Waals surface area (Å²) in [7, 11) is -2.43. The number of carbonyl (C=O) groups is 1. The van der Waals surface area contributed by atoms with Gasteiger partial charge in [-0.05, 0) is 42.5 Å². The number of aromatic nitrogens is 2. The van der Waals surface area contributed by atoms with Crippen LogP contribution in [0.1, 0.15) is 25.2 Å². The molecule has 0 bridgehead atoms. The number of hydrogen-bond donors (Lipinski definition) is 1. The summed E-state index contributed by atoms with van der Waals surface area (Å²) in [5, 5.41) is 0.292. The number of benzene rings is 3. The van der Waals surface area contributed by atoms with Crippen molar-refractivity contribution in [2.45, 2.75) is 19.7 Å². The van der Waals surface area contributed by atoms with E-state index in [0.717, 1.165) is 11.7 Å². The Kier molecular flexibility index (Phi) is 7.95. The molecule has 0 saturated carbocycles. The molecule has 0 aliphatic rings. The van der Waals surface area contributed by atoms with Crippen molar-refractivity contribution in [3.05, 3.63) is 77.3 Å². The second-order valence-corrected chi connectivity index (χ2v) is 9.00. The second kappa shape index (κ2) is 10.1. The Hall–Kier alpha value is -3.01. The fourth-order valence-corrected chi connectivity index (χ4v) is 4.95. The fraction of sp³-hybridized carbons (Fsp3) is 0.136. The number of fused-ring (bicyclic) bond motifs is 1. The molecular formula is C22H23ClN4O3S2. The van der Waals surface area contributed by atoms with Gasteiger partial charge in [0.25, 0.3) is 15.9 Å². The standard InChI is InChI=1S/C20H15ClN4O3S2.2CH4/c1-25(14-6-3-2-4-7-14)20(26)15-11-10-13(21)12-17(15)24-30(27,28)18-9-5-8-16-19(18)23-29-22-16;;/h2-12,24H,1H3;2*1H4. The van der Waals surface area contributed by atoms with Gasteiger partial charge in [0, 0.05) is 17.8 Å². The summed E-state index contributed by atoms with van der Waals surface area (Å²) in [5.41, 5.74) is 1.67. The Labute approximate surface area is 197 Å². The topological polar surface area (TPSA) is 92.3 Å². The molecule has 4 rings (SSSR count). The molecule has 0 unspecified atom stereocenters. The van der Waals surface area contributed by atoms with E-state index in [1.54, 1.807) is 31.3 Å². The first-order valence-corrected chi connectivity index (χ1v) is 11.3. The first kappa shape index (κ1) is 25.3. The number of rotatable bonds is 5. The lowest BCUT2D eigenvalue weighted by atomic mass is 10.1. The summed E-state index contributed by atoms with van der Waals surface area (Å²) in [6.45, 7) is 0. The predicted molar refractivity (Wildman–Crippen MR) is 132 cm³/mol. The fourth-order valence-electron chi connectivity index (χ4n) is 2.93. The minimum absolute atomic E-state index is 0. The van der Waals surface area contributed by atoms with E-state index in [4.69, 9.17) is 11.6 Å². The zero-order valence-electron chi connectivity index (χ0n) is 15.6. The van der Waals surface area contributed by atoms with Crippen molar-refractivity contribution in [3.63, 3.8) is 0 Å². The maximum atomic E-state index is 13.1. The highest BCUT2D eigenvalue weighted by molar-refractivity contribution is 7.93. The number of anilines is 2. The largest absolute Gasteiger partial charge is 0.311 e. The van der Waals surface area contributed by atoms with Crippen LogP contribution in [0.15, 0.2) is 71.6 Å². The van der Waals surface area contributed by atoms with Crippen molar-refractivity contribution in [2.24, 2.45) is 0 Å². The van der Waals surface area contributed by atoms with Crippen LogP contribution in [0.5, 0.6) is 0 Å². The van der Waals surface area contributed by atoms with Crippen LogP contribution in [-0.2, 0) is 10.0 Å². The molecule has 0 aliphatic carbocycles. The van der Waals surface area contributed by atoms with Crippen LogP contribution in [0.4, 0.5) is 11.4 Å². The molecule has 0 spiro atoms. The van der Waals surface area contributed by atoms with Gasteiger partial charge in [-0.3, -0.25) is 9.52 Å². The van der Waals surface area contributed by atoms with E-state index in [2.05, 4.69) is 13.5 Å². The van der Waals surface area contributed by atoms with Gasteiger partial charge in [0.2, 0.25) is 0 Å². The maximum Gasteiger partial charge on any atom is 0.264 e. The number of carbonyl (C=O) groups excluding carboxylic acids is 1. The van der Waals surface area contributed by atoms with Gasteiger partial charge in [0.15, 0.2) is 0 Å². The molecule has 1 N–H and O–H groups in total. The molecule has 0 radical (unpaired) electrons. The van der Waals surface area contributed by atoms with Crippen molar-refractivity contribution in [3.8, 4) is 0 Å². The average Bonchev–Trinajstić information content (AvgIpc) is 3.22. The van der Waals surface area contributed by atoms with E-state index >= 15 is 0 Å². The van der Waals surface area contributed by atoms with E-state index in [1.807, 2.05) is 18.2 Å². The molecule has 10 heteroatoms. The van der Waals surface area contributed by atoms with E-state index in [-0.39, 0.29) is 42.4 Å². The smallest absolute Gasteiger partial charge is 0.264 e. The minimum Gasteiger partial charge on any atom is -0.311 e. The highest BCUT2D eigenvalue weighted by Gasteiger charge is 2.24. The second-order valence-electron chi connectivity index (χ2n) is 6.38. The number of nitrogens with zero attached hydrogens (tertiary/aromatic N) is 3. The summed E-state index contributed by atoms with van der Waals surface area (Å²) < 4.78 is 36.8. The van der Waals surface area contributed by atoms with Crippen LogP contribution in [0.25, 0.3) is 11.0 Å². The zero-order valence-corrected chi connectivity index (χ0v) is 18.0. The molecule has 0 saturated heterocycles. The van der Waals surface area contributed by atoms with Gasteiger partial charge < -0.3 is 4.90 Å². The minimum atomic E-state index is -4.05. The first-order valence-electron chi connectivity index (χ1n) is 8.73. The van der Waals surface area contributed by atoms with Gasteiger partial charge in [0.05, 0.1) is 23.0 Å². The average molecular weight is 491 g/mol. The van der Waals surface area contributed by atoms with Crippen LogP contribution >= 0.6 is 23.3 Å². The van der Waals surface area contributed by atoms with Crippen LogP contribution in [0.2, 0.25) is 5.02 Å². The quantitative estimate of drug-likeness (QED) is 0.387. The normalized spacial score (nSPS) is 10.7. The first-order chi connectivity index (χ1) is 14.4. The third-order valence-electron chi connectivity index (χ3n) is 4.44. The summed E-state index contributed by atoms with van der Waals surface area (Å²) in [6.07, 6.45) is 0. The molecule has 168 valence electrons. The van der Waals surface area contributed by atoms with Crippen LogP contribution in [0, 0.1) is 0 Å². The molecule has 0 aliphatic heterocycles. The summed E-state index contributed by atoms with van der Waals surface area (Å²) in [6, 6.07) is 18.2. The summed E-state index contributed by atoms with van der Waals surface area (Å²) >= 11 is 7.02. The Bertz CT molecular complexity index is 1340. The Morgan fingerprint density at radius 1 is 1.00 bits per heavy atom. The lowest BCUT2D eigenvalue weighted by Gasteiger charge is -2.20. The van der Waals surface area contributed by atoms with Gasteiger partial charge in [-0.25, -0.2) is 8.42 Å². The molecule has 1 aromatic heterocycles. The highest BCUT2D eigenvalue weighted by atomic mass is 35.5. The molecule has 32 heavy (non-hydrogen) atoms. The van der Waals surface area contributed by atoms with Crippen molar-refractivity contribution < 1.29 is 13.2 Å².